The fourth-order valence-electron chi connectivity index (χ4n) is 2.85. The number of benzene rings is 1. The summed E-state index contributed by atoms with van der Waals surface area (Å²) in [5, 5.41) is -0.546. The van der Waals surface area contributed by atoms with Crippen LogP contribution >= 0.6 is 0 Å². The fourth-order valence-corrected chi connectivity index (χ4v) is 4.46. The van der Waals surface area contributed by atoms with Crippen molar-refractivity contribution >= 4 is 21.8 Å². The zero-order chi connectivity index (χ0) is 18.1. The van der Waals surface area contributed by atoms with Gasteiger partial charge >= 0.3 is 0 Å². The second-order valence-electron chi connectivity index (χ2n) is 6.20. The highest BCUT2D eigenvalue weighted by Gasteiger charge is 2.39. The molecule has 0 bridgehead atoms. The Morgan fingerprint density at radius 1 is 1.19 bits per heavy atom. The minimum atomic E-state index is -3.33. The average molecular weight is 375 g/mol. The van der Waals surface area contributed by atoms with E-state index >= 15 is 0 Å². The highest BCUT2D eigenvalue weighted by atomic mass is 32.2. The van der Waals surface area contributed by atoms with Gasteiger partial charge in [0.1, 0.15) is 11.5 Å². The van der Waals surface area contributed by atoms with Crippen molar-refractivity contribution in [3.8, 4) is 11.5 Å². The van der Waals surface area contributed by atoms with E-state index in [9.17, 15) is 13.2 Å². The molecule has 1 saturated heterocycles. The Labute approximate surface area is 150 Å². The Kier molecular flexibility index (Phi) is 4.20. The summed E-state index contributed by atoms with van der Waals surface area (Å²) in [6.45, 7) is 0.601. The standard InChI is InChI=1S/C18H17NO6S/c20-18(6-4-13-3-5-16-17(8-13)25-12-24-16)19-9-15(10-19)26(21,22)11-14-2-1-7-23-14/h1-8,15H,9-12H2. The van der Waals surface area contributed by atoms with E-state index in [1.807, 2.05) is 6.07 Å². The van der Waals surface area contributed by atoms with Gasteiger partial charge in [-0.15, -0.1) is 0 Å². The maximum Gasteiger partial charge on any atom is 0.246 e. The smallest absolute Gasteiger partial charge is 0.246 e. The largest absolute Gasteiger partial charge is 0.468 e. The number of ether oxygens (including phenoxy) is 2. The van der Waals surface area contributed by atoms with Gasteiger partial charge in [-0.3, -0.25) is 4.79 Å². The van der Waals surface area contributed by atoms with Gasteiger partial charge in [0, 0.05) is 19.2 Å². The minimum Gasteiger partial charge on any atom is -0.468 e. The molecule has 0 spiro atoms. The third-order valence-corrected chi connectivity index (χ3v) is 6.41. The lowest BCUT2D eigenvalue weighted by Crippen LogP contribution is -2.56. The lowest BCUT2D eigenvalue weighted by molar-refractivity contribution is -0.128. The third kappa shape index (κ3) is 3.32. The molecule has 0 N–H and O–H groups in total. The van der Waals surface area contributed by atoms with Crippen molar-refractivity contribution < 1.29 is 27.1 Å². The van der Waals surface area contributed by atoms with Crippen molar-refractivity contribution in [2.75, 3.05) is 19.9 Å². The first kappa shape index (κ1) is 16.7. The summed E-state index contributed by atoms with van der Waals surface area (Å²) in [4.78, 5) is 13.7. The number of amides is 1. The molecule has 1 aromatic carbocycles. The molecule has 0 unspecified atom stereocenters. The van der Waals surface area contributed by atoms with Gasteiger partial charge in [-0.05, 0) is 35.9 Å². The molecule has 1 amide bonds. The van der Waals surface area contributed by atoms with Crippen molar-refractivity contribution in [1.82, 2.24) is 4.90 Å². The maximum atomic E-state index is 12.3. The molecule has 1 aromatic heterocycles. The molecule has 2 aromatic rings. The molecule has 0 atom stereocenters. The fraction of sp³-hybridized carbons (Fsp3) is 0.278. The molecule has 0 aliphatic carbocycles. The Balaban J connectivity index is 1.33. The Bertz CT molecular complexity index is 942. The van der Waals surface area contributed by atoms with Gasteiger partial charge in [0.25, 0.3) is 0 Å². The van der Waals surface area contributed by atoms with E-state index in [4.69, 9.17) is 13.9 Å². The van der Waals surface area contributed by atoms with E-state index in [1.165, 1.54) is 17.2 Å². The quantitative estimate of drug-likeness (QED) is 0.742. The van der Waals surface area contributed by atoms with Crippen LogP contribution in [0.4, 0.5) is 0 Å². The number of furan rings is 1. The average Bonchev–Trinajstić information content (AvgIpc) is 3.21. The number of rotatable bonds is 5. The number of hydrogen-bond donors (Lipinski definition) is 0. The van der Waals surface area contributed by atoms with Crippen LogP contribution in [0, 0.1) is 0 Å². The Morgan fingerprint density at radius 3 is 2.77 bits per heavy atom. The molecule has 26 heavy (non-hydrogen) atoms. The predicted octanol–water partition coefficient (Wildman–Crippen LogP) is 1.85. The molecular formula is C18H17NO6S. The van der Waals surface area contributed by atoms with Gasteiger partial charge < -0.3 is 18.8 Å². The van der Waals surface area contributed by atoms with Gasteiger partial charge in [-0.1, -0.05) is 6.07 Å². The molecule has 7 nitrogen and oxygen atoms in total. The van der Waals surface area contributed by atoms with Gasteiger partial charge in [0.2, 0.25) is 12.7 Å². The third-order valence-electron chi connectivity index (χ3n) is 4.41. The highest BCUT2D eigenvalue weighted by Crippen LogP contribution is 2.32. The van der Waals surface area contributed by atoms with Crippen molar-refractivity contribution in [3.05, 3.63) is 54.0 Å². The van der Waals surface area contributed by atoms with Crippen molar-refractivity contribution in [3.63, 3.8) is 0 Å². The number of carbonyl (C=O) groups is 1. The molecule has 136 valence electrons. The monoisotopic (exact) mass is 375 g/mol. The van der Waals surface area contributed by atoms with Crippen molar-refractivity contribution in [2.45, 2.75) is 11.0 Å². The molecule has 0 radical (unpaired) electrons. The van der Waals surface area contributed by atoms with Crippen LogP contribution in [0.2, 0.25) is 0 Å². The maximum absolute atomic E-state index is 12.3. The van der Waals surface area contributed by atoms with Crippen LogP contribution in [0.3, 0.4) is 0 Å². The van der Waals surface area contributed by atoms with Crippen molar-refractivity contribution in [1.29, 1.82) is 0 Å². The molecule has 3 heterocycles. The van der Waals surface area contributed by atoms with E-state index in [2.05, 4.69) is 0 Å². The summed E-state index contributed by atoms with van der Waals surface area (Å²) in [5.41, 5.74) is 0.810. The van der Waals surface area contributed by atoms with Crippen LogP contribution in [-0.2, 0) is 20.4 Å². The molecule has 2 aliphatic heterocycles. The van der Waals surface area contributed by atoms with E-state index in [0.717, 1.165) is 5.56 Å². The van der Waals surface area contributed by atoms with Gasteiger partial charge in [0.05, 0.1) is 11.5 Å². The molecule has 8 heteroatoms. The van der Waals surface area contributed by atoms with Gasteiger partial charge in [-0.25, -0.2) is 8.42 Å². The van der Waals surface area contributed by atoms with Crippen molar-refractivity contribution in [2.24, 2.45) is 0 Å². The zero-order valence-corrected chi connectivity index (χ0v) is 14.6. The zero-order valence-electron chi connectivity index (χ0n) is 13.8. The number of sulfone groups is 1. The summed E-state index contributed by atoms with van der Waals surface area (Å²) in [6, 6.07) is 8.69. The molecule has 2 aliphatic rings. The summed E-state index contributed by atoms with van der Waals surface area (Å²) >= 11 is 0. The topological polar surface area (TPSA) is 86.0 Å². The molecule has 1 fully saturated rings. The van der Waals surface area contributed by atoms with Crippen LogP contribution in [-0.4, -0.2) is 44.4 Å². The lowest BCUT2D eigenvalue weighted by Gasteiger charge is -2.37. The van der Waals surface area contributed by atoms with Crippen LogP contribution in [0.25, 0.3) is 6.08 Å². The number of likely N-dealkylation sites (tertiary alicyclic amines) is 1. The second-order valence-corrected chi connectivity index (χ2v) is 8.48. The van der Waals surface area contributed by atoms with E-state index in [1.54, 1.807) is 30.3 Å². The van der Waals surface area contributed by atoms with Crippen LogP contribution < -0.4 is 9.47 Å². The van der Waals surface area contributed by atoms with Gasteiger partial charge in [0.15, 0.2) is 21.3 Å². The Hall–Kier alpha value is -2.74. The van der Waals surface area contributed by atoms with Crippen LogP contribution in [0.1, 0.15) is 11.3 Å². The van der Waals surface area contributed by atoms with Crippen LogP contribution in [0.15, 0.2) is 47.1 Å². The molecule has 0 saturated carbocycles. The Morgan fingerprint density at radius 2 is 2.00 bits per heavy atom. The normalized spacial score (nSPS) is 16.8. The number of fused-ring (bicyclic) bond motifs is 1. The first-order chi connectivity index (χ1) is 12.5. The first-order valence-corrected chi connectivity index (χ1v) is 9.83. The first-order valence-electron chi connectivity index (χ1n) is 8.12. The lowest BCUT2D eigenvalue weighted by atomic mass is 10.1. The van der Waals surface area contributed by atoms with Gasteiger partial charge in [-0.2, -0.15) is 0 Å². The summed E-state index contributed by atoms with van der Waals surface area (Å²) in [7, 11) is -3.33. The van der Waals surface area contributed by atoms with E-state index in [-0.39, 0.29) is 31.5 Å². The summed E-state index contributed by atoms with van der Waals surface area (Å²) in [6.07, 6.45) is 4.56. The number of carbonyl (C=O) groups excluding carboxylic acids is 1. The molecule has 4 rings (SSSR count). The predicted molar refractivity (Wildman–Crippen MR) is 93.3 cm³/mol. The molecular weight excluding hydrogens is 358 g/mol. The van der Waals surface area contributed by atoms with E-state index < -0.39 is 15.1 Å². The minimum absolute atomic E-state index is 0.139. The summed E-state index contributed by atoms with van der Waals surface area (Å²) < 4.78 is 40.2. The van der Waals surface area contributed by atoms with E-state index in [0.29, 0.717) is 17.3 Å². The highest BCUT2D eigenvalue weighted by molar-refractivity contribution is 7.91. The van der Waals surface area contributed by atoms with Crippen LogP contribution in [0.5, 0.6) is 11.5 Å². The summed E-state index contributed by atoms with van der Waals surface area (Å²) in [5.74, 6) is 1.39. The number of hydrogen-bond acceptors (Lipinski definition) is 6. The SMILES string of the molecule is O=C(C=Cc1ccc2c(c1)OCO2)N1CC(S(=O)(=O)Cc2ccco2)C1. The second kappa shape index (κ2) is 6.53. The number of nitrogens with zero attached hydrogens (tertiary/aromatic N) is 1.